The van der Waals surface area contributed by atoms with E-state index < -0.39 is 0 Å². The zero-order valence-corrected chi connectivity index (χ0v) is 33.4. The molecule has 62 heavy (non-hydrogen) atoms. The highest BCUT2D eigenvalue weighted by atomic mass is 16.3. The Bertz CT molecular complexity index is 3810. The van der Waals surface area contributed by atoms with Gasteiger partial charge >= 0.3 is 0 Å². The first-order valence-electron chi connectivity index (χ1n) is 20.9. The molecular formula is C56H35N5O. The van der Waals surface area contributed by atoms with Gasteiger partial charge in [-0.25, -0.2) is 0 Å². The van der Waals surface area contributed by atoms with Crippen molar-refractivity contribution in [1.29, 1.82) is 0 Å². The number of hydrogen-bond donors (Lipinski definition) is 0. The molecule has 6 heteroatoms. The zero-order chi connectivity index (χ0) is 40.7. The topological polar surface area (TPSA) is 53.7 Å². The largest absolute Gasteiger partial charge is 0.456 e. The van der Waals surface area contributed by atoms with Crippen molar-refractivity contribution >= 4 is 65.6 Å². The zero-order valence-electron chi connectivity index (χ0n) is 33.4. The van der Waals surface area contributed by atoms with Crippen LogP contribution in [0.1, 0.15) is 0 Å². The number of aromatic nitrogens is 5. The average Bonchev–Trinajstić information content (AvgIpc) is 4.11. The van der Waals surface area contributed by atoms with Gasteiger partial charge in [-0.1, -0.05) is 146 Å². The van der Waals surface area contributed by atoms with Crippen molar-refractivity contribution in [3.05, 3.63) is 212 Å². The molecule has 4 heterocycles. The molecule has 0 saturated heterocycles. The van der Waals surface area contributed by atoms with Gasteiger partial charge in [0.05, 0.1) is 27.8 Å². The van der Waals surface area contributed by atoms with E-state index in [0.29, 0.717) is 0 Å². The SMILES string of the molecule is c1ccc(-c2nnc(-c3ccccc3)n2-c2ccc3c4ccccc4n(-c4cccc(-c5cccc(-n6c7ccccc7c7cc8c(cc76)oc6ccccc68)c5)c4)c3c2)cc1. The van der Waals surface area contributed by atoms with Crippen LogP contribution in [0.15, 0.2) is 217 Å². The molecule has 0 aliphatic carbocycles. The first kappa shape index (κ1) is 34.4. The molecule has 13 rings (SSSR count). The Labute approximate surface area is 355 Å². The lowest BCUT2D eigenvalue weighted by molar-refractivity contribution is 0.669. The summed E-state index contributed by atoms with van der Waals surface area (Å²) in [4.78, 5) is 0. The second-order valence-corrected chi connectivity index (χ2v) is 15.9. The number of rotatable bonds is 6. The minimum atomic E-state index is 0.790. The number of furan rings is 1. The summed E-state index contributed by atoms with van der Waals surface area (Å²) >= 11 is 0. The molecule has 0 aliphatic heterocycles. The van der Waals surface area contributed by atoms with Crippen molar-refractivity contribution in [1.82, 2.24) is 23.9 Å². The maximum atomic E-state index is 6.41. The van der Waals surface area contributed by atoms with Crippen LogP contribution in [0.25, 0.3) is 117 Å². The fourth-order valence-electron chi connectivity index (χ4n) is 9.57. The van der Waals surface area contributed by atoms with Gasteiger partial charge in [-0.2, -0.15) is 0 Å². The Hall–Kier alpha value is -8.48. The molecule has 0 amide bonds. The summed E-state index contributed by atoms with van der Waals surface area (Å²) in [6.07, 6.45) is 0. The van der Waals surface area contributed by atoms with Crippen LogP contribution >= 0.6 is 0 Å². The average molecular weight is 794 g/mol. The van der Waals surface area contributed by atoms with E-state index in [0.717, 1.165) is 95.0 Å². The number of para-hydroxylation sites is 3. The van der Waals surface area contributed by atoms with Gasteiger partial charge in [-0.3, -0.25) is 4.57 Å². The van der Waals surface area contributed by atoms with Crippen LogP contribution in [0.5, 0.6) is 0 Å². The van der Waals surface area contributed by atoms with E-state index in [1.165, 1.54) is 21.5 Å². The summed E-state index contributed by atoms with van der Waals surface area (Å²) in [5, 5.41) is 16.6. The van der Waals surface area contributed by atoms with E-state index in [4.69, 9.17) is 14.6 Å². The molecule has 6 nitrogen and oxygen atoms in total. The monoisotopic (exact) mass is 793 g/mol. The number of fused-ring (bicyclic) bond motifs is 9. The van der Waals surface area contributed by atoms with E-state index in [1.54, 1.807) is 0 Å². The second kappa shape index (κ2) is 13.5. The molecule has 13 aromatic rings. The van der Waals surface area contributed by atoms with Crippen molar-refractivity contribution in [2.24, 2.45) is 0 Å². The number of benzene rings is 9. The summed E-state index contributed by atoms with van der Waals surface area (Å²) in [5.41, 5.74) is 13.7. The highest BCUT2D eigenvalue weighted by molar-refractivity contribution is 6.17. The maximum absolute atomic E-state index is 6.41. The van der Waals surface area contributed by atoms with Crippen molar-refractivity contribution in [3.63, 3.8) is 0 Å². The minimum absolute atomic E-state index is 0.790. The maximum Gasteiger partial charge on any atom is 0.168 e. The third kappa shape index (κ3) is 5.23. The van der Waals surface area contributed by atoms with Crippen LogP contribution in [0.4, 0.5) is 0 Å². The van der Waals surface area contributed by atoms with Gasteiger partial charge < -0.3 is 13.6 Å². The quantitative estimate of drug-likeness (QED) is 0.168. The highest BCUT2D eigenvalue weighted by Crippen LogP contribution is 2.40. The van der Waals surface area contributed by atoms with Gasteiger partial charge in [-0.05, 0) is 71.8 Å². The molecule has 0 aliphatic rings. The molecule has 0 N–H and O–H groups in total. The molecular weight excluding hydrogens is 759 g/mol. The lowest BCUT2D eigenvalue weighted by Crippen LogP contribution is -2.01. The molecule has 0 unspecified atom stereocenters. The third-order valence-corrected chi connectivity index (χ3v) is 12.4. The van der Waals surface area contributed by atoms with Gasteiger partial charge in [0.1, 0.15) is 11.2 Å². The van der Waals surface area contributed by atoms with Gasteiger partial charge in [0.2, 0.25) is 0 Å². The molecule has 0 fully saturated rings. The predicted octanol–water partition coefficient (Wildman–Crippen LogP) is 14.4. The Morgan fingerprint density at radius 2 is 0.758 bits per heavy atom. The molecule has 0 atom stereocenters. The summed E-state index contributed by atoms with van der Waals surface area (Å²) < 4.78 is 13.4. The van der Waals surface area contributed by atoms with E-state index in [1.807, 2.05) is 48.5 Å². The number of nitrogens with zero attached hydrogens (tertiary/aromatic N) is 5. The van der Waals surface area contributed by atoms with Crippen LogP contribution in [-0.4, -0.2) is 23.9 Å². The Kier molecular flexibility index (Phi) is 7.50. The van der Waals surface area contributed by atoms with Crippen LogP contribution in [0, 0.1) is 0 Å². The first-order chi connectivity index (χ1) is 30.7. The van der Waals surface area contributed by atoms with E-state index >= 15 is 0 Å². The third-order valence-electron chi connectivity index (χ3n) is 12.4. The van der Waals surface area contributed by atoms with E-state index in [9.17, 15) is 0 Å². The molecule has 0 bridgehead atoms. The summed E-state index contributed by atoms with van der Waals surface area (Å²) in [5.74, 6) is 1.58. The van der Waals surface area contributed by atoms with Crippen molar-refractivity contribution in [3.8, 4) is 51.0 Å². The molecule has 290 valence electrons. The van der Waals surface area contributed by atoms with Crippen LogP contribution in [0.2, 0.25) is 0 Å². The molecule has 0 radical (unpaired) electrons. The molecule has 0 spiro atoms. The smallest absolute Gasteiger partial charge is 0.168 e. The van der Waals surface area contributed by atoms with Crippen molar-refractivity contribution in [2.75, 3.05) is 0 Å². The van der Waals surface area contributed by atoms with Crippen molar-refractivity contribution < 1.29 is 4.42 Å². The van der Waals surface area contributed by atoms with Crippen LogP contribution in [-0.2, 0) is 0 Å². The van der Waals surface area contributed by atoms with Gasteiger partial charge in [-0.15, -0.1) is 10.2 Å². The standard InChI is InChI=1S/C56H35N5O/c1-3-15-36(16-4-1)55-57-58-56(37-17-5-2-6-18-37)61(55)42-29-30-45-43-23-7-10-26-49(43)59(51(45)33-42)40-21-13-19-38(31-40)39-20-14-22-41(32-39)60-50-27-11-8-24-44(50)47-34-48-46-25-9-12-28-53(46)62-54(48)35-52(47)60/h1-35H. The van der Waals surface area contributed by atoms with Crippen LogP contribution in [0.3, 0.4) is 0 Å². The Morgan fingerprint density at radius 1 is 0.274 bits per heavy atom. The molecule has 0 saturated carbocycles. The first-order valence-corrected chi connectivity index (χ1v) is 20.9. The van der Waals surface area contributed by atoms with Gasteiger partial charge in [0.25, 0.3) is 0 Å². The van der Waals surface area contributed by atoms with Crippen molar-refractivity contribution in [2.45, 2.75) is 0 Å². The Balaban J connectivity index is 0.974. The van der Waals surface area contributed by atoms with Crippen LogP contribution < -0.4 is 0 Å². The fraction of sp³-hybridized carbons (Fsp3) is 0. The highest BCUT2D eigenvalue weighted by Gasteiger charge is 2.21. The van der Waals surface area contributed by atoms with Gasteiger partial charge in [0.15, 0.2) is 11.6 Å². The fourth-order valence-corrected chi connectivity index (χ4v) is 9.57. The summed E-state index contributed by atoms with van der Waals surface area (Å²) in [7, 11) is 0. The molecule has 4 aromatic heterocycles. The predicted molar refractivity (Wildman–Crippen MR) is 254 cm³/mol. The van der Waals surface area contributed by atoms with Gasteiger partial charge in [0, 0.05) is 60.9 Å². The summed E-state index contributed by atoms with van der Waals surface area (Å²) in [6, 6.07) is 75.2. The Morgan fingerprint density at radius 3 is 1.39 bits per heavy atom. The summed E-state index contributed by atoms with van der Waals surface area (Å²) in [6.45, 7) is 0. The minimum Gasteiger partial charge on any atom is -0.456 e. The second-order valence-electron chi connectivity index (χ2n) is 15.9. The van der Waals surface area contributed by atoms with E-state index in [2.05, 4.69) is 177 Å². The molecule has 9 aromatic carbocycles. The number of hydrogen-bond acceptors (Lipinski definition) is 3. The normalized spacial score (nSPS) is 11.9. The van der Waals surface area contributed by atoms with E-state index in [-0.39, 0.29) is 0 Å². The lowest BCUT2D eigenvalue weighted by Gasteiger charge is -2.14. The lowest BCUT2D eigenvalue weighted by atomic mass is 10.0.